The molecule has 0 aliphatic carbocycles. The lowest BCUT2D eigenvalue weighted by Gasteiger charge is -2.31. The Morgan fingerprint density at radius 1 is 1.13 bits per heavy atom. The SMILES string of the molecule is COc1ccc(-n2nc([C@H]3CCCN(Cc4ccc(S(C)(=O)=O)cc4)C3)[nH]c2=O)cc1. The zero-order valence-electron chi connectivity index (χ0n) is 17.6. The topological polar surface area (TPSA) is 97.3 Å². The van der Waals surface area contributed by atoms with E-state index in [2.05, 4.69) is 15.0 Å². The Kier molecular flexibility index (Phi) is 5.97. The molecule has 0 unspecified atom stereocenters. The first-order chi connectivity index (χ1) is 14.8. The van der Waals surface area contributed by atoms with Crippen LogP contribution in [0.25, 0.3) is 5.69 Å². The fourth-order valence-corrected chi connectivity index (χ4v) is 4.58. The van der Waals surface area contributed by atoms with Gasteiger partial charge in [0.05, 0.1) is 17.7 Å². The number of hydrogen-bond acceptors (Lipinski definition) is 6. The fraction of sp³-hybridized carbons (Fsp3) is 0.364. The van der Waals surface area contributed by atoms with Crippen molar-refractivity contribution in [2.45, 2.75) is 30.2 Å². The summed E-state index contributed by atoms with van der Waals surface area (Å²) in [4.78, 5) is 18.0. The van der Waals surface area contributed by atoms with Crippen molar-refractivity contribution in [2.24, 2.45) is 0 Å². The van der Waals surface area contributed by atoms with Gasteiger partial charge in [0, 0.05) is 25.3 Å². The summed E-state index contributed by atoms with van der Waals surface area (Å²) >= 11 is 0. The lowest BCUT2D eigenvalue weighted by molar-refractivity contribution is 0.196. The monoisotopic (exact) mass is 442 g/mol. The van der Waals surface area contributed by atoms with Gasteiger partial charge in [-0.05, 0) is 61.3 Å². The van der Waals surface area contributed by atoms with E-state index >= 15 is 0 Å². The number of H-pyrrole nitrogens is 1. The maximum Gasteiger partial charge on any atom is 0.348 e. The summed E-state index contributed by atoms with van der Waals surface area (Å²) in [5.74, 6) is 1.55. The molecule has 1 aromatic heterocycles. The van der Waals surface area contributed by atoms with Crippen LogP contribution in [0.4, 0.5) is 0 Å². The molecule has 2 heterocycles. The minimum atomic E-state index is -3.19. The number of piperidine rings is 1. The molecule has 1 saturated heterocycles. The molecule has 1 fully saturated rings. The molecule has 0 radical (unpaired) electrons. The molecule has 1 N–H and O–H groups in total. The maximum atomic E-state index is 12.5. The highest BCUT2D eigenvalue weighted by molar-refractivity contribution is 7.90. The standard InChI is InChI=1S/C22H26N4O4S/c1-30-19-9-7-18(8-10-19)26-22(27)23-21(24-26)17-4-3-13-25(15-17)14-16-5-11-20(12-6-16)31(2,28)29/h5-12,17H,3-4,13-15H2,1-2H3,(H,23,24,27)/t17-/m0/s1. The van der Waals surface area contributed by atoms with Crippen LogP contribution < -0.4 is 10.4 Å². The molecule has 0 bridgehead atoms. The number of sulfone groups is 1. The predicted molar refractivity (Wildman–Crippen MR) is 118 cm³/mol. The Morgan fingerprint density at radius 2 is 1.84 bits per heavy atom. The zero-order chi connectivity index (χ0) is 22.0. The summed E-state index contributed by atoms with van der Waals surface area (Å²) in [6.07, 6.45) is 3.17. The molecule has 0 spiro atoms. The Labute approximate surface area is 181 Å². The van der Waals surface area contributed by atoms with Gasteiger partial charge in [-0.1, -0.05) is 12.1 Å². The molecule has 0 amide bonds. The van der Waals surface area contributed by atoms with Gasteiger partial charge in [-0.2, -0.15) is 4.68 Å². The Morgan fingerprint density at radius 3 is 2.48 bits per heavy atom. The number of rotatable bonds is 6. The minimum Gasteiger partial charge on any atom is -0.497 e. The number of aromatic nitrogens is 3. The summed E-state index contributed by atoms with van der Waals surface area (Å²) in [6.45, 7) is 2.46. The molecule has 1 aliphatic rings. The van der Waals surface area contributed by atoms with E-state index in [1.165, 1.54) is 10.9 Å². The van der Waals surface area contributed by atoms with Crippen molar-refractivity contribution in [1.29, 1.82) is 0 Å². The van der Waals surface area contributed by atoms with Crippen molar-refractivity contribution in [3.63, 3.8) is 0 Å². The highest BCUT2D eigenvalue weighted by Gasteiger charge is 2.25. The van der Waals surface area contributed by atoms with Crippen LogP contribution in [0, 0.1) is 0 Å². The van der Waals surface area contributed by atoms with E-state index in [9.17, 15) is 13.2 Å². The van der Waals surface area contributed by atoms with Crippen LogP contribution in [-0.4, -0.2) is 54.5 Å². The lowest BCUT2D eigenvalue weighted by atomic mass is 9.97. The van der Waals surface area contributed by atoms with E-state index in [1.54, 1.807) is 43.5 Å². The molecule has 164 valence electrons. The highest BCUT2D eigenvalue weighted by atomic mass is 32.2. The molecular weight excluding hydrogens is 416 g/mol. The average Bonchev–Trinajstić information content (AvgIpc) is 3.15. The molecule has 3 aromatic rings. The van der Waals surface area contributed by atoms with Crippen LogP contribution in [-0.2, 0) is 16.4 Å². The van der Waals surface area contributed by atoms with Crippen LogP contribution in [0.15, 0.2) is 58.2 Å². The van der Waals surface area contributed by atoms with Crippen molar-refractivity contribution in [3.8, 4) is 11.4 Å². The van der Waals surface area contributed by atoms with Crippen molar-refractivity contribution in [1.82, 2.24) is 19.7 Å². The lowest BCUT2D eigenvalue weighted by Crippen LogP contribution is -2.34. The fourth-order valence-electron chi connectivity index (χ4n) is 3.95. The van der Waals surface area contributed by atoms with Gasteiger partial charge in [-0.25, -0.2) is 13.2 Å². The Hall–Kier alpha value is -2.91. The van der Waals surface area contributed by atoms with Crippen molar-refractivity contribution >= 4 is 9.84 Å². The van der Waals surface area contributed by atoms with E-state index in [1.807, 2.05) is 12.1 Å². The third-order valence-corrected chi connectivity index (χ3v) is 6.73. The number of ether oxygens (including phenoxy) is 1. The van der Waals surface area contributed by atoms with E-state index in [4.69, 9.17) is 4.74 Å². The molecule has 4 rings (SSSR count). The van der Waals surface area contributed by atoms with Crippen LogP contribution in [0.3, 0.4) is 0 Å². The molecular formula is C22H26N4O4S. The van der Waals surface area contributed by atoms with Gasteiger partial charge in [0.15, 0.2) is 9.84 Å². The Bertz CT molecular complexity index is 1200. The normalized spacial score (nSPS) is 17.5. The zero-order valence-corrected chi connectivity index (χ0v) is 18.4. The first-order valence-electron chi connectivity index (χ1n) is 10.2. The van der Waals surface area contributed by atoms with Gasteiger partial charge in [-0.3, -0.25) is 9.88 Å². The van der Waals surface area contributed by atoms with E-state index in [0.717, 1.165) is 43.8 Å². The molecule has 1 atom stereocenters. The first-order valence-corrected chi connectivity index (χ1v) is 12.1. The summed E-state index contributed by atoms with van der Waals surface area (Å²) in [5, 5.41) is 4.55. The number of benzene rings is 2. The van der Waals surface area contributed by atoms with E-state index in [-0.39, 0.29) is 11.6 Å². The summed E-state index contributed by atoms with van der Waals surface area (Å²) in [7, 11) is -1.59. The third-order valence-electron chi connectivity index (χ3n) is 5.60. The molecule has 2 aromatic carbocycles. The maximum absolute atomic E-state index is 12.5. The quantitative estimate of drug-likeness (QED) is 0.629. The van der Waals surface area contributed by atoms with E-state index < -0.39 is 9.84 Å². The van der Waals surface area contributed by atoms with Crippen LogP contribution in [0.1, 0.15) is 30.1 Å². The number of likely N-dealkylation sites (tertiary alicyclic amines) is 1. The van der Waals surface area contributed by atoms with E-state index in [0.29, 0.717) is 16.4 Å². The number of aromatic amines is 1. The van der Waals surface area contributed by atoms with Gasteiger partial charge in [0.1, 0.15) is 11.6 Å². The van der Waals surface area contributed by atoms with Gasteiger partial charge < -0.3 is 4.74 Å². The molecule has 31 heavy (non-hydrogen) atoms. The van der Waals surface area contributed by atoms with Crippen molar-refractivity contribution in [3.05, 3.63) is 70.4 Å². The summed E-state index contributed by atoms with van der Waals surface area (Å²) in [5.41, 5.74) is 1.49. The highest BCUT2D eigenvalue weighted by Crippen LogP contribution is 2.25. The van der Waals surface area contributed by atoms with Crippen molar-refractivity contribution in [2.75, 3.05) is 26.5 Å². The van der Waals surface area contributed by atoms with Crippen molar-refractivity contribution < 1.29 is 13.2 Å². The Balaban J connectivity index is 1.46. The molecule has 8 nitrogen and oxygen atoms in total. The van der Waals surface area contributed by atoms with Crippen LogP contribution in [0.5, 0.6) is 5.75 Å². The summed E-state index contributed by atoms with van der Waals surface area (Å²) in [6, 6.07) is 14.2. The number of hydrogen-bond donors (Lipinski definition) is 1. The third kappa shape index (κ3) is 4.88. The molecule has 9 heteroatoms. The predicted octanol–water partition coefficient (Wildman–Crippen LogP) is 2.35. The van der Waals surface area contributed by atoms with Crippen LogP contribution in [0.2, 0.25) is 0 Å². The largest absolute Gasteiger partial charge is 0.497 e. The van der Waals surface area contributed by atoms with Gasteiger partial charge >= 0.3 is 5.69 Å². The summed E-state index contributed by atoms with van der Waals surface area (Å²) < 4.78 is 29.8. The average molecular weight is 443 g/mol. The number of methoxy groups -OCH3 is 1. The number of nitrogens with zero attached hydrogens (tertiary/aromatic N) is 3. The number of nitrogens with one attached hydrogen (secondary N) is 1. The van der Waals surface area contributed by atoms with Crippen LogP contribution >= 0.6 is 0 Å². The van der Waals surface area contributed by atoms with Gasteiger partial charge in [-0.15, -0.1) is 5.10 Å². The minimum absolute atomic E-state index is 0.135. The molecule has 1 aliphatic heterocycles. The smallest absolute Gasteiger partial charge is 0.348 e. The first kappa shape index (κ1) is 21.3. The molecule has 0 saturated carbocycles. The second-order valence-electron chi connectivity index (χ2n) is 7.92. The second-order valence-corrected chi connectivity index (χ2v) is 9.93. The van der Waals surface area contributed by atoms with Gasteiger partial charge in [0.25, 0.3) is 0 Å². The second kappa shape index (κ2) is 8.68. The van der Waals surface area contributed by atoms with Gasteiger partial charge in [0.2, 0.25) is 0 Å².